The molecule has 2 fully saturated rings. The van der Waals surface area contributed by atoms with Crippen LogP contribution in [0, 0.1) is 0 Å². The van der Waals surface area contributed by atoms with Crippen molar-refractivity contribution >= 4 is 37.4 Å². The van der Waals surface area contributed by atoms with E-state index in [-0.39, 0.29) is 5.54 Å². The zero-order chi connectivity index (χ0) is 20.9. The number of fused-ring (bicyclic) bond motifs is 1. The van der Waals surface area contributed by atoms with E-state index in [0.717, 1.165) is 50.4 Å². The van der Waals surface area contributed by atoms with Crippen LogP contribution >= 0.6 is 11.6 Å². The fourth-order valence-electron chi connectivity index (χ4n) is 6.08. The average Bonchev–Trinajstić information content (AvgIpc) is 3.32. The van der Waals surface area contributed by atoms with Crippen molar-refractivity contribution in [1.29, 1.82) is 0 Å². The van der Waals surface area contributed by atoms with Crippen molar-refractivity contribution < 1.29 is 0 Å². The Hall–Kier alpha value is -0.428. The molecule has 4 heteroatoms. The summed E-state index contributed by atoms with van der Waals surface area (Å²) in [5, 5.41) is 4.53. The van der Waals surface area contributed by atoms with E-state index >= 15 is 0 Å². The zero-order valence-corrected chi connectivity index (χ0v) is 23.5. The van der Waals surface area contributed by atoms with Crippen molar-refractivity contribution in [2.24, 2.45) is 0 Å². The van der Waals surface area contributed by atoms with Crippen molar-refractivity contribution in [2.75, 3.05) is 19.6 Å². The summed E-state index contributed by atoms with van der Waals surface area (Å²) in [6, 6.07) is 16.8. The van der Waals surface area contributed by atoms with Crippen LogP contribution in [-0.2, 0) is 2.97 Å². The number of nitrogens with one attached hydrogen (secondary N) is 1. The van der Waals surface area contributed by atoms with E-state index < -0.39 is 0 Å². The third-order valence-electron chi connectivity index (χ3n) is 7.67. The van der Waals surface area contributed by atoms with E-state index in [1.807, 2.05) is 0 Å². The monoisotopic (exact) mass is 612 g/mol. The molecule has 3 aliphatic rings. The Balaban J connectivity index is 1.45. The number of piperazine rings is 1. The summed E-state index contributed by atoms with van der Waals surface area (Å²) >= 11 is 7.49. The average molecular weight is 612 g/mol. The van der Waals surface area contributed by atoms with Gasteiger partial charge in [0.2, 0.25) is 0 Å². The summed E-state index contributed by atoms with van der Waals surface area (Å²) in [7, 11) is 0. The van der Waals surface area contributed by atoms with Gasteiger partial charge in [-0.05, 0) is 0 Å². The Bertz CT molecular complexity index is 917. The molecule has 2 aromatic rings. The van der Waals surface area contributed by atoms with Gasteiger partial charge in [0.05, 0.1) is 0 Å². The van der Waals surface area contributed by atoms with Gasteiger partial charge in [-0.3, -0.25) is 0 Å². The molecule has 2 aliphatic carbocycles. The maximum atomic E-state index is 6.46. The summed E-state index contributed by atoms with van der Waals surface area (Å²) in [5.41, 5.74) is 6.18. The Morgan fingerprint density at radius 2 is 1.77 bits per heavy atom. The molecule has 1 aliphatic heterocycles. The first-order valence-electron chi connectivity index (χ1n) is 11.5. The second-order valence-corrected chi connectivity index (χ2v) is 15.1. The topological polar surface area (TPSA) is 15.3 Å². The molecule has 0 unspecified atom stereocenters. The number of hydrogen-bond donors (Lipinski definition) is 1. The van der Waals surface area contributed by atoms with Gasteiger partial charge in [0.15, 0.2) is 0 Å². The van der Waals surface area contributed by atoms with Gasteiger partial charge in [-0.25, -0.2) is 0 Å². The van der Waals surface area contributed by atoms with Gasteiger partial charge in [-0.2, -0.15) is 0 Å². The second kappa shape index (κ2) is 8.17. The molecule has 1 saturated carbocycles. The van der Waals surface area contributed by atoms with Gasteiger partial charge < -0.3 is 0 Å². The SMILES string of the molecule is CC1(C)CN([C@@H]2C[C@@H](c3ccc([C]4([Tl])CCCC4)cc3)c3ccc(Cl)cc32)CCN1. The van der Waals surface area contributed by atoms with E-state index in [1.165, 1.54) is 48.8 Å². The van der Waals surface area contributed by atoms with Crippen molar-refractivity contribution in [3.8, 4) is 0 Å². The van der Waals surface area contributed by atoms with Gasteiger partial charge in [-0.1, -0.05) is 0 Å². The fourth-order valence-corrected chi connectivity index (χ4v) is 8.59. The molecule has 30 heavy (non-hydrogen) atoms. The van der Waals surface area contributed by atoms with Gasteiger partial charge >= 0.3 is 203 Å². The third-order valence-corrected chi connectivity index (χ3v) is 11.4. The van der Waals surface area contributed by atoms with Crippen molar-refractivity contribution in [1.82, 2.24) is 10.2 Å². The van der Waals surface area contributed by atoms with Crippen molar-refractivity contribution in [2.45, 2.75) is 66.4 Å². The van der Waals surface area contributed by atoms with Gasteiger partial charge in [0.1, 0.15) is 0 Å². The second-order valence-electron chi connectivity index (χ2n) is 10.3. The molecular formula is C26H32ClN2Tl. The molecule has 1 saturated heterocycles. The zero-order valence-electron chi connectivity index (χ0n) is 18.3. The van der Waals surface area contributed by atoms with Crippen molar-refractivity contribution in [3.05, 3.63) is 69.7 Å². The Morgan fingerprint density at radius 1 is 1.03 bits per heavy atom. The molecule has 5 rings (SSSR count). The number of rotatable bonds is 3. The molecule has 1 heterocycles. The molecule has 2 nitrogen and oxygen atoms in total. The van der Waals surface area contributed by atoms with Crippen LogP contribution in [0.2, 0.25) is 5.02 Å². The van der Waals surface area contributed by atoms with E-state index in [4.69, 9.17) is 11.6 Å². The normalized spacial score (nSPS) is 27.8. The number of halogens is 1. The maximum absolute atomic E-state index is 6.46. The quantitative estimate of drug-likeness (QED) is 0.459. The van der Waals surface area contributed by atoms with Crippen LogP contribution in [0.3, 0.4) is 0 Å². The molecule has 0 bridgehead atoms. The first kappa shape index (κ1) is 21.4. The summed E-state index contributed by atoms with van der Waals surface area (Å²) in [4.78, 5) is 2.69. The Labute approximate surface area is 202 Å². The van der Waals surface area contributed by atoms with Gasteiger partial charge in [0.25, 0.3) is 0 Å². The van der Waals surface area contributed by atoms with E-state index in [1.54, 1.807) is 5.56 Å². The van der Waals surface area contributed by atoms with Crippen LogP contribution in [0.5, 0.6) is 0 Å². The molecule has 2 aromatic carbocycles. The van der Waals surface area contributed by atoms with Crippen LogP contribution in [0.1, 0.15) is 80.2 Å². The number of benzene rings is 2. The molecule has 0 amide bonds. The third kappa shape index (κ3) is 4.02. The van der Waals surface area contributed by atoms with Crippen LogP contribution < -0.4 is 5.32 Å². The van der Waals surface area contributed by atoms with Gasteiger partial charge in [0, 0.05) is 0 Å². The first-order valence-corrected chi connectivity index (χ1v) is 14.1. The number of hydrogen-bond acceptors (Lipinski definition) is 2. The van der Waals surface area contributed by atoms with E-state index in [2.05, 4.69) is 66.5 Å². The van der Waals surface area contributed by atoms with E-state index in [0.29, 0.717) is 14.9 Å². The predicted octanol–water partition coefficient (Wildman–Crippen LogP) is 5.54. The molecule has 2 atom stereocenters. The van der Waals surface area contributed by atoms with E-state index in [9.17, 15) is 0 Å². The van der Waals surface area contributed by atoms with Gasteiger partial charge in [-0.15, -0.1) is 0 Å². The molecule has 1 N–H and O–H groups in total. The summed E-state index contributed by atoms with van der Waals surface area (Å²) in [6.45, 7) is 7.88. The standard InChI is InChI=1S/C26H32ClN2.Tl/c1-26(2)17-29(14-13-28-26)25-16-23(22-12-11-21(27)15-24(22)25)20-9-7-19(8-10-20)18-5-3-4-6-18;/h7-12,15,23,25,28H,3-6,13-14,16-17H2,1-2H3;/t23-,25+;/m0./s1. The molecule has 0 aromatic heterocycles. The Kier molecular flexibility index (Phi) is 5.83. The molecule has 0 radical (unpaired) electrons. The minimum absolute atomic E-state index is 0.165. The minimum atomic E-state index is 0.165. The molecule has 0 spiro atoms. The van der Waals surface area contributed by atoms with Crippen LogP contribution in [-0.4, -0.2) is 55.8 Å². The first-order chi connectivity index (χ1) is 14.3. The van der Waals surface area contributed by atoms with Crippen LogP contribution in [0.15, 0.2) is 42.5 Å². The fraction of sp³-hybridized carbons (Fsp3) is 0.538. The predicted molar refractivity (Wildman–Crippen MR) is 127 cm³/mol. The van der Waals surface area contributed by atoms with Crippen LogP contribution in [0.25, 0.3) is 0 Å². The summed E-state index contributed by atoms with van der Waals surface area (Å²) in [6.07, 6.45) is 6.81. The summed E-state index contributed by atoms with van der Waals surface area (Å²) < 4.78 is 0.550. The van der Waals surface area contributed by atoms with Crippen molar-refractivity contribution in [3.63, 3.8) is 0 Å². The molecular weight excluding hydrogens is 580 g/mol. The van der Waals surface area contributed by atoms with Crippen LogP contribution in [0.4, 0.5) is 0 Å². The number of nitrogens with zero attached hydrogens (tertiary/aromatic N) is 1. The Morgan fingerprint density at radius 3 is 2.47 bits per heavy atom. The molecule has 156 valence electrons. The summed E-state index contributed by atoms with van der Waals surface area (Å²) in [5.74, 6) is 0.477.